The third-order valence-electron chi connectivity index (χ3n) is 3.29. The van der Waals surface area contributed by atoms with Crippen LogP contribution in [0, 0.1) is 5.82 Å². The van der Waals surface area contributed by atoms with Crippen LogP contribution in [-0.4, -0.2) is 18.9 Å². The summed E-state index contributed by atoms with van der Waals surface area (Å²) in [4.78, 5) is 16.3. The molecule has 1 heterocycles. The first kappa shape index (κ1) is 15.2. The van der Waals surface area contributed by atoms with Crippen molar-refractivity contribution in [2.24, 2.45) is 4.99 Å². The van der Waals surface area contributed by atoms with Gasteiger partial charge in [0, 0.05) is 5.56 Å². The first-order valence-corrected chi connectivity index (χ1v) is 7.16. The molecule has 0 radical (unpaired) electrons. The van der Waals surface area contributed by atoms with Gasteiger partial charge in [-0.05, 0) is 48.0 Å². The largest absolute Gasteiger partial charge is 0.495 e. The second-order valence-electron chi connectivity index (χ2n) is 4.84. The topological polar surface area (TPSA) is 50.7 Å². The van der Waals surface area contributed by atoms with Crippen molar-refractivity contribution in [1.82, 2.24) is 5.32 Å². The standard InChI is InChI=1S/C17H12ClFN2O2/c1-23-15-7-2-10(8-13(15)18)9-14-17(22)21-16(20-14)11-3-5-12(19)6-4-11/h2-9H,1H3,(H,20,21,22)/b14-9+. The molecule has 1 aliphatic rings. The van der Waals surface area contributed by atoms with E-state index in [1.54, 1.807) is 36.4 Å². The van der Waals surface area contributed by atoms with Crippen molar-refractivity contribution in [2.45, 2.75) is 0 Å². The summed E-state index contributed by atoms with van der Waals surface area (Å²) >= 11 is 6.06. The average Bonchev–Trinajstić information content (AvgIpc) is 2.89. The molecule has 0 saturated heterocycles. The number of aliphatic imine (C=N–C) groups is 1. The van der Waals surface area contributed by atoms with Gasteiger partial charge in [-0.3, -0.25) is 4.79 Å². The number of nitrogens with one attached hydrogen (secondary N) is 1. The first-order valence-electron chi connectivity index (χ1n) is 6.78. The first-order chi connectivity index (χ1) is 11.1. The summed E-state index contributed by atoms with van der Waals surface area (Å²) in [5.74, 6) is 0.277. The second kappa shape index (κ2) is 6.22. The molecule has 0 saturated carbocycles. The monoisotopic (exact) mass is 330 g/mol. The number of methoxy groups -OCH3 is 1. The lowest BCUT2D eigenvalue weighted by molar-refractivity contribution is -0.115. The number of nitrogens with zero attached hydrogens (tertiary/aromatic N) is 1. The van der Waals surface area contributed by atoms with Crippen molar-refractivity contribution in [1.29, 1.82) is 0 Å². The van der Waals surface area contributed by atoms with E-state index in [-0.39, 0.29) is 17.4 Å². The van der Waals surface area contributed by atoms with E-state index in [1.807, 2.05) is 0 Å². The Kier molecular flexibility index (Phi) is 4.12. The molecule has 0 atom stereocenters. The van der Waals surface area contributed by atoms with Gasteiger partial charge in [0.15, 0.2) is 0 Å². The molecule has 0 fully saturated rings. The van der Waals surface area contributed by atoms with Crippen LogP contribution in [0.25, 0.3) is 6.08 Å². The number of rotatable bonds is 3. The van der Waals surface area contributed by atoms with E-state index in [4.69, 9.17) is 16.3 Å². The third-order valence-corrected chi connectivity index (χ3v) is 3.59. The number of amides is 1. The second-order valence-corrected chi connectivity index (χ2v) is 5.25. The molecule has 1 amide bonds. The molecule has 1 aliphatic heterocycles. The molecule has 1 N–H and O–H groups in total. The highest BCUT2D eigenvalue weighted by Crippen LogP contribution is 2.26. The maximum Gasteiger partial charge on any atom is 0.275 e. The van der Waals surface area contributed by atoms with Gasteiger partial charge in [0.25, 0.3) is 5.91 Å². The zero-order chi connectivity index (χ0) is 16.4. The molecule has 0 bridgehead atoms. The van der Waals surface area contributed by atoms with Crippen molar-refractivity contribution in [3.05, 3.63) is 70.1 Å². The van der Waals surface area contributed by atoms with Crippen LogP contribution in [0.15, 0.2) is 53.2 Å². The summed E-state index contributed by atoms with van der Waals surface area (Å²) in [5.41, 5.74) is 1.62. The van der Waals surface area contributed by atoms with Crippen molar-refractivity contribution in [3.63, 3.8) is 0 Å². The normalized spacial score (nSPS) is 15.5. The van der Waals surface area contributed by atoms with E-state index in [0.717, 1.165) is 5.56 Å². The smallest absolute Gasteiger partial charge is 0.275 e. The molecule has 0 spiro atoms. The van der Waals surface area contributed by atoms with Crippen molar-refractivity contribution in [2.75, 3.05) is 7.11 Å². The Bertz CT molecular complexity index is 829. The lowest BCUT2D eigenvalue weighted by atomic mass is 10.2. The Morgan fingerprint density at radius 2 is 1.96 bits per heavy atom. The number of amidine groups is 1. The fourth-order valence-electron chi connectivity index (χ4n) is 2.14. The molecule has 23 heavy (non-hydrogen) atoms. The molecule has 6 heteroatoms. The summed E-state index contributed by atoms with van der Waals surface area (Å²) in [7, 11) is 1.53. The Hall–Kier alpha value is -2.66. The molecule has 0 aromatic heterocycles. The van der Waals surface area contributed by atoms with Gasteiger partial charge in [0.05, 0.1) is 12.1 Å². The van der Waals surface area contributed by atoms with Gasteiger partial charge in [-0.2, -0.15) is 0 Å². The van der Waals surface area contributed by atoms with Crippen LogP contribution in [-0.2, 0) is 4.79 Å². The number of ether oxygens (including phenoxy) is 1. The number of carbonyl (C=O) groups is 1. The number of halogens is 2. The van der Waals surface area contributed by atoms with Crippen LogP contribution in [0.2, 0.25) is 5.02 Å². The zero-order valence-electron chi connectivity index (χ0n) is 12.1. The van der Waals surface area contributed by atoms with Gasteiger partial charge in [0.1, 0.15) is 23.1 Å². The van der Waals surface area contributed by atoms with Crippen LogP contribution < -0.4 is 10.1 Å². The van der Waals surface area contributed by atoms with Crippen LogP contribution in [0.4, 0.5) is 4.39 Å². The summed E-state index contributed by atoms with van der Waals surface area (Å²) in [6.07, 6.45) is 1.62. The van der Waals surface area contributed by atoms with E-state index < -0.39 is 0 Å². The molecular weight excluding hydrogens is 319 g/mol. The molecule has 116 valence electrons. The molecule has 2 aromatic carbocycles. The fraction of sp³-hybridized carbons (Fsp3) is 0.0588. The van der Waals surface area contributed by atoms with Gasteiger partial charge in [0.2, 0.25) is 0 Å². The third kappa shape index (κ3) is 3.24. The summed E-state index contributed by atoms with van der Waals surface area (Å²) in [5, 5.41) is 3.11. The maximum absolute atomic E-state index is 13.0. The van der Waals surface area contributed by atoms with E-state index in [9.17, 15) is 9.18 Å². The van der Waals surface area contributed by atoms with E-state index in [2.05, 4.69) is 10.3 Å². The Morgan fingerprint density at radius 3 is 2.61 bits per heavy atom. The fourth-order valence-corrected chi connectivity index (χ4v) is 2.41. The van der Waals surface area contributed by atoms with E-state index in [1.165, 1.54) is 19.2 Å². The molecule has 4 nitrogen and oxygen atoms in total. The lowest BCUT2D eigenvalue weighted by Crippen LogP contribution is -2.24. The van der Waals surface area contributed by atoms with Gasteiger partial charge in [-0.25, -0.2) is 9.38 Å². The predicted octanol–water partition coefficient (Wildman–Crippen LogP) is 3.41. The number of hydrogen-bond donors (Lipinski definition) is 1. The average molecular weight is 331 g/mol. The minimum atomic E-state index is -0.345. The zero-order valence-corrected chi connectivity index (χ0v) is 12.9. The molecular formula is C17H12ClFN2O2. The molecule has 0 unspecified atom stereocenters. The maximum atomic E-state index is 13.0. The van der Waals surface area contributed by atoms with E-state index in [0.29, 0.717) is 22.2 Å². The molecule has 2 aromatic rings. The molecule has 3 rings (SSSR count). The van der Waals surface area contributed by atoms with Gasteiger partial charge >= 0.3 is 0 Å². The predicted molar refractivity (Wildman–Crippen MR) is 87.1 cm³/mol. The summed E-state index contributed by atoms with van der Waals surface area (Å²) < 4.78 is 18.0. The quantitative estimate of drug-likeness (QED) is 0.877. The Balaban J connectivity index is 1.91. The van der Waals surface area contributed by atoms with Crippen molar-refractivity contribution in [3.8, 4) is 5.75 Å². The van der Waals surface area contributed by atoms with Crippen LogP contribution in [0.5, 0.6) is 5.75 Å². The Morgan fingerprint density at radius 1 is 1.22 bits per heavy atom. The van der Waals surface area contributed by atoms with Gasteiger partial charge in [-0.1, -0.05) is 17.7 Å². The lowest BCUT2D eigenvalue weighted by Gasteiger charge is -2.03. The van der Waals surface area contributed by atoms with Crippen molar-refractivity contribution >= 4 is 29.4 Å². The van der Waals surface area contributed by atoms with E-state index >= 15 is 0 Å². The minimum Gasteiger partial charge on any atom is -0.495 e. The highest BCUT2D eigenvalue weighted by molar-refractivity contribution is 6.32. The van der Waals surface area contributed by atoms with Gasteiger partial charge in [-0.15, -0.1) is 0 Å². The van der Waals surface area contributed by atoms with Crippen LogP contribution in [0.3, 0.4) is 0 Å². The van der Waals surface area contributed by atoms with Crippen LogP contribution in [0.1, 0.15) is 11.1 Å². The Labute approximate surface area is 137 Å². The number of carbonyl (C=O) groups excluding carboxylic acids is 1. The summed E-state index contributed by atoms with van der Waals surface area (Å²) in [6.45, 7) is 0. The molecule has 0 aliphatic carbocycles. The van der Waals surface area contributed by atoms with Crippen LogP contribution >= 0.6 is 11.6 Å². The SMILES string of the molecule is COc1ccc(/C=C2/N=C(c3ccc(F)cc3)NC2=O)cc1Cl. The minimum absolute atomic E-state index is 0.255. The highest BCUT2D eigenvalue weighted by Gasteiger charge is 2.21. The highest BCUT2D eigenvalue weighted by atomic mass is 35.5. The van der Waals surface area contributed by atoms with Crippen molar-refractivity contribution < 1.29 is 13.9 Å². The summed E-state index contributed by atoms with van der Waals surface area (Å²) in [6, 6.07) is 10.9. The number of benzene rings is 2. The number of hydrogen-bond acceptors (Lipinski definition) is 3. The van der Waals surface area contributed by atoms with Gasteiger partial charge < -0.3 is 10.1 Å².